The fourth-order valence-corrected chi connectivity index (χ4v) is 3.97. The van der Waals surface area contributed by atoms with Crippen LogP contribution in [-0.4, -0.2) is 18.2 Å². The van der Waals surface area contributed by atoms with Crippen LogP contribution < -0.4 is 10.2 Å². The zero-order chi connectivity index (χ0) is 20.3. The van der Waals surface area contributed by atoms with E-state index in [1.54, 1.807) is 18.2 Å². The minimum atomic E-state index is -0.446. The topological polar surface area (TPSA) is 63.8 Å². The van der Waals surface area contributed by atoms with Crippen LogP contribution in [0.3, 0.4) is 0 Å². The lowest BCUT2D eigenvalue weighted by atomic mass is 10.2. The van der Waals surface area contributed by atoms with E-state index in [1.165, 1.54) is 6.21 Å². The van der Waals surface area contributed by atoms with Gasteiger partial charge in [-0.1, -0.05) is 34.5 Å². The predicted molar refractivity (Wildman–Crippen MR) is 119 cm³/mol. The van der Waals surface area contributed by atoms with Gasteiger partial charge in [0, 0.05) is 9.86 Å². The minimum Gasteiger partial charge on any atom is -0.489 e. The van der Waals surface area contributed by atoms with E-state index in [2.05, 4.69) is 42.4 Å². The van der Waals surface area contributed by atoms with Gasteiger partial charge < -0.3 is 9.15 Å². The Kier molecular flexibility index (Phi) is 6.80. The molecule has 3 aromatic rings. The Morgan fingerprint density at radius 2 is 2.11 bits per heavy atom. The molecule has 1 heterocycles. The molecule has 0 spiro atoms. The average molecular weight is 529 g/mol. The first-order valence-corrected chi connectivity index (χ1v) is 10.5. The largest absolute Gasteiger partial charge is 0.489 e. The van der Waals surface area contributed by atoms with E-state index >= 15 is 0 Å². The van der Waals surface area contributed by atoms with Crippen molar-refractivity contribution in [1.82, 2.24) is 5.43 Å². The average Bonchev–Trinajstić information content (AvgIpc) is 3.08. The molecule has 1 amide bonds. The highest BCUT2D eigenvalue weighted by Crippen LogP contribution is 2.31. The third kappa shape index (κ3) is 4.96. The smallest absolute Gasteiger partial charge is 0.307 e. The van der Waals surface area contributed by atoms with Crippen LogP contribution in [0.15, 0.2) is 54.9 Å². The second-order valence-electron chi connectivity index (χ2n) is 6.14. The number of furan rings is 1. The van der Waals surface area contributed by atoms with Crippen LogP contribution in [0.1, 0.15) is 36.4 Å². The van der Waals surface area contributed by atoms with Crippen molar-refractivity contribution in [3.05, 3.63) is 61.7 Å². The summed E-state index contributed by atoms with van der Waals surface area (Å²) in [5.74, 6) is 0.343. The van der Waals surface area contributed by atoms with E-state index in [1.807, 2.05) is 32.0 Å². The first-order chi connectivity index (χ1) is 13.4. The Labute approximate surface area is 184 Å². The Morgan fingerprint density at radius 3 is 2.82 bits per heavy atom. The molecule has 1 aromatic heterocycles. The van der Waals surface area contributed by atoms with Crippen molar-refractivity contribution in [2.24, 2.45) is 5.10 Å². The summed E-state index contributed by atoms with van der Waals surface area (Å²) in [5, 5.41) is 5.26. The van der Waals surface area contributed by atoms with Crippen LogP contribution in [-0.2, 0) is 0 Å². The van der Waals surface area contributed by atoms with Crippen molar-refractivity contribution in [3.63, 3.8) is 0 Å². The first kappa shape index (κ1) is 20.9. The molecule has 5 nitrogen and oxygen atoms in total. The minimum absolute atomic E-state index is 0.0841. The number of nitrogens with zero attached hydrogens (tertiary/aromatic N) is 1. The maximum absolute atomic E-state index is 12.3. The summed E-state index contributed by atoms with van der Waals surface area (Å²) >= 11 is 13.1. The highest BCUT2D eigenvalue weighted by atomic mass is 79.9. The molecule has 0 fully saturated rings. The fraction of sp³-hybridized carbons (Fsp3) is 0.200. The number of amides is 1. The van der Waals surface area contributed by atoms with Crippen molar-refractivity contribution in [1.29, 1.82) is 0 Å². The van der Waals surface area contributed by atoms with E-state index in [4.69, 9.17) is 20.8 Å². The molecule has 0 bridgehead atoms. The van der Waals surface area contributed by atoms with Gasteiger partial charge in [0.15, 0.2) is 5.76 Å². The van der Waals surface area contributed by atoms with Crippen LogP contribution in [0, 0.1) is 0 Å². The summed E-state index contributed by atoms with van der Waals surface area (Å²) in [5.41, 5.74) is 3.79. The molecule has 1 N–H and O–H groups in total. The van der Waals surface area contributed by atoms with Crippen LogP contribution in [0.25, 0.3) is 11.0 Å². The van der Waals surface area contributed by atoms with Crippen molar-refractivity contribution < 1.29 is 13.9 Å². The number of fused-ring (bicyclic) bond motifs is 1. The molecule has 146 valence electrons. The Bertz CT molecular complexity index is 1050. The number of halogens is 3. The van der Waals surface area contributed by atoms with Crippen LogP contribution in [0.5, 0.6) is 5.75 Å². The van der Waals surface area contributed by atoms with Gasteiger partial charge in [-0.15, -0.1) is 0 Å². The van der Waals surface area contributed by atoms with Gasteiger partial charge in [-0.3, -0.25) is 4.79 Å². The number of ether oxygens (including phenoxy) is 1. The maximum atomic E-state index is 12.3. The molecule has 2 aromatic carbocycles. The molecule has 3 rings (SSSR count). The fourth-order valence-electron chi connectivity index (χ4n) is 2.40. The second-order valence-corrected chi connectivity index (χ2v) is 8.32. The number of carbonyl (C=O) groups is 1. The van der Waals surface area contributed by atoms with E-state index in [-0.39, 0.29) is 11.9 Å². The number of hydrazone groups is 1. The normalized spacial score (nSPS) is 12.5. The molecule has 0 saturated heterocycles. The molecule has 8 heteroatoms. The zero-order valence-corrected chi connectivity index (χ0v) is 19.1. The van der Waals surface area contributed by atoms with Gasteiger partial charge >= 0.3 is 5.91 Å². The van der Waals surface area contributed by atoms with Crippen LogP contribution in [0.2, 0.25) is 5.02 Å². The molecule has 0 radical (unpaired) electrons. The van der Waals surface area contributed by atoms with Crippen LogP contribution >= 0.6 is 43.5 Å². The lowest BCUT2D eigenvalue weighted by Crippen LogP contribution is -2.16. The summed E-state index contributed by atoms with van der Waals surface area (Å²) in [7, 11) is 0. The first-order valence-electron chi connectivity index (χ1n) is 8.55. The number of benzene rings is 2. The Hall–Kier alpha value is -1.83. The van der Waals surface area contributed by atoms with Crippen molar-refractivity contribution in [2.45, 2.75) is 26.4 Å². The second kappa shape index (κ2) is 9.11. The van der Waals surface area contributed by atoms with Crippen molar-refractivity contribution in [2.75, 3.05) is 0 Å². The Balaban J connectivity index is 1.68. The third-order valence-corrected chi connectivity index (χ3v) is 5.34. The molecule has 0 aliphatic rings. The third-order valence-electron chi connectivity index (χ3n) is 4.00. The van der Waals surface area contributed by atoms with E-state index in [0.717, 1.165) is 26.3 Å². The van der Waals surface area contributed by atoms with E-state index < -0.39 is 5.91 Å². The summed E-state index contributed by atoms with van der Waals surface area (Å²) in [6.07, 6.45) is 2.48. The monoisotopic (exact) mass is 526 g/mol. The number of rotatable bonds is 6. The molecular weight excluding hydrogens is 511 g/mol. The predicted octanol–water partition coefficient (Wildman–Crippen LogP) is 6.55. The number of nitrogens with one attached hydrogen (secondary N) is 1. The molecule has 0 aliphatic heterocycles. The SMILES string of the molecule is CCC(C)Oc1ccc(/C=N\NC(=O)c2cc3cc(Br)cc(Br)c3o2)cc1Cl. The number of hydrogen-bond donors (Lipinski definition) is 1. The van der Waals surface area contributed by atoms with Gasteiger partial charge in [0.05, 0.1) is 21.8 Å². The molecular formula is C20H17Br2ClN2O3. The highest BCUT2D eigenvalue weighted by molar-refractivity contribution is 9.11. The lowest BCUT2D eigenvalue weighted by molar-refractivity contribution is 0.0929. The van der Waals surface area contributed by atoms with Crippen molar-refractivity contribution >= 4 is 66.6 Å². The summed E-state index contributed by atoms with van der Waals surface area (Å²) in [4.78, 5) is 12.3. The van der Waals surface area contributed by atoms with Gasteiger partial charge in [0.25, 0.3) is 0 Å². The maximum Gasteiger partial charge on any atom is 0.307 e. The summed E-state index contributed by atoms with van der Waals surface area (Å²) < 4.78 is 13.0. The molecule has 0 saturated carbocycles. The standard InChI is InChI=1S/C20H17Br2ClN2O3/c1-3-11(2)27-17-5-4-12(6-16(17)23)10-24-25-20(26)18-8-13-7-14(21)9-15(22)19(13)28-18/h4-11H,3H2,1-2H3,(H,25,26)/b24-10-. The van der Waals surface area contributed by atoms with Gasteiger partial charge in [-0.2, -0.15) is 5.10 Å². The van der Waals surface area contributed by atoms with Crippen molar-refractivity contribution in [3.8, 4) is 5.75 Å². The molecule has 28 heavy (non-hydrogen) atoms. The van der Waals surface area contributed by atoms with Gasteiger partial charge in [-0.25, -0.2) is 5.43 Å². The van der Waals surface area contributed by atoms with Gasteiger partial charge in [-0.05, 0) is 71.2 Å². The quantitative estimate of drug-likeness (QED) is 0.291. The van der Waals surface area contributed by atoms with E-state index in [9.17, 15) is 4.79 Å². The molecule has 0 aliphatic carbocycles. The molecule has 1 atom stereocenters. The van der Waals surface area contributed by atoms with Gasteiger partial charge in [0.1, 0.15) is 11.3 Å². The summed E-state index contributed by atoms with van der Waals surface area (Å²) in [6.45, 7) is 4.03. The van der Waals surface area contributed by atoms with Crippen LogP contribution in [0.4, 0.5) is 0 Å². The zero-order valence-electron chi connectivity index (χ0n) is 15.1. The number of hydrogen-bond acceptors (Lipinski definition) is 4. The molecule has 1 unspecified atom stereocenters. The lowest BCUT2D eigenvalue weighted by Gasteiger charge is -2.13. The Morgan fingerprint density at radius 1 is 1.32 bits per heavy atom. The highest BCUT2D eigenvalue weighted by Gasteiger charge is 2.14. The van der Waals surface area contributed by atoms with E-state index in [0.29, 0.717) is 16.4 Å². The number of carbonyl (C=O) groups excluding carboxylic acids is 1. The van der Waals surface area contributed by atoms with Gasteiger partial charge in [0.2, 0.25) is 0 Å². The summed E-state index contributed by atoms with van der Waals surface area (Å²) in [6, 6.07) is 10.7.